The number of aryl methyl sites for hydroxylation is 3. The molecule has 0 heterocycles. The molecule has 8 heteroatoms. The van der Waals surface area contributed by atoms with Crippen LogP contribution in [0.2, 0.25) is 0 Å². The van der Waals surface area contributed by atoms with Crippen LogP contribution in [-0.2, 0) is 26.0 Å². The Labute approximate surface area is 232 Å². The molecule has 0 unspecified atom stereocenters. The van der Waals surface area contributed by atoms with E-state index in [0.29, 0.717) is 18.7 Å². The minimum absolute atomic E-state index is 0.101. The van der Waals surface area contributed by atoms with Gasteiger partial charge in [0.1, 0.15) is 12.6 Å². The molecule has 0 saturated carbocycles. The molecule has 0 radical (unpaired) electrons. The summed E-state index contributed by atoms with van der Waals surface area (Å²) in [4.78, 5) is 28.4. The molecule has 3 aromatic rings. The van der Waals surface area contributed by atoms with E-state index in [1.165, 1.54) is 4.90 Å². The Kier molecular flexibility index (Phi) is 10.3. The van der Waals surface area contributed by atoms with Gasteiger partial charge in [-0.15, -0.1) is 0 Å². The molecule has 2 amide bonds. The summed E-state index contributed by atoms with van der Waals surface area (Å²) in [6.45, 7) is 9.73. The Morgan fingerprint density at radius 2 is 1.56 bits per heavy atom. The Balaban J connectivity index is 1.99. The van der Waals surface area contributed by atoms with Crippen molar-refractivity contribution < 1.29 is 18.0 Å². The van der Waals surface area contributed by atoms with Crippen molar-refractivity contribution in [2.75, 3.05) is 23.9 Å². The highest BCUT2D eigenvalue weighted by Gasteiger charge is 2.32. The molecule has 1 N–H and O–H groups in total. The van der Waals surface area contributed by atoms with Crippen LogP contribution in [0, 0.1) is 20.8 Å². The predicted octanol–water partition coefficient (Wildman–Crippen LogP) is 4.79. The van der Waals surface area contributed by atoms with Crippen LogP contribution >= 0.6 is 0 Å². The Morgan fingerprint density at radius 3 is 2.18 bits per heavy atom. The second-order valence-corrected chi connectivity index (χ2v) is 11.7. The van der Waals surface area contributed by atoms with Crippen LogP contribution in [0.4, 0.5) is 5.69 Å². The molecule has 1 atom stereocenters. The van der Waals surface area contributed by atoms with Gasteiger partial charge in [-0.2, -0.15) is 0 Å². The number of carbonyl (C=O) groups is 2. The van der Waals surface area contributed by atoms with E-state index in [2.05, 4.69) is 5.32 Å². The SMILES string of the molecule is CCCNC(=O)[C@@H](C)N(CCc1ccccc1)C(=O)CN(c1ccc(C)c(C)c1)S(=O)(=O)c1ccc(C)cc1. The number of amides is 2. The zero-order chi connectivity index (χ0) is 28.6. The number of benzene rings is 3. The summed E-state index contributed by atoms with van der Waals surface area (Å²) in [5, 5.41) is 2.86. The minimum atomic E-state index is -4.07. The van der Waals surface area contributed by atoms with E-state index in [0.717, 1.165) is 33.0 Å². The van der Waals surface area contributed by atoms with Gasteiger partial charge in [0, 0.05) is 13.1 Å². The van der Waals surface area contributed by atoms with Gasteiger partial charge in [0.15, 0.2) is 0 Å². The summed E-state index contributed by atoms with van der Waals surface area (Å²) in [6, 6.07) is 20.9. The van der Waals surface area contributed by atoms with E-state index < -0.39 is 28.5 Å². The van der Waals surface area contributed by atoms with Crippen LogP contribution in [-0.4, -0.2) is 50.8 Å². The van der Waals surface area contributed by atoms with Crippen molar-refractivity contribution in [3.8, 4) is 0 Å². The zero-order valence-electron chi connectivity index (χ0n) is 23.5. The quantitative estimate of drug-likeness (QED) is 0.352. The van der Waals surface area contributed by atoms with Crippen LogP contribution in [0.3, 0.4) is 0 Å². The number of hydrogen-bond donors (Lipinski definition) is 1. The van der Waals surface area contributed by atoms with E-state index in [9.17, 15) is 18.0 Å². The van der Waals surface area contributed by atoms with Crippen LogP contribution in [0.25, 0.3) is 0 Å². The van der Waals surface area contributed by atoms with Crippen molar-refractivity contribution in [3.05, 3.63) is 95.1 Å². The van der Waals surface area contributed by atoms with Crippen LogP contribution in [0.1, 0.15) is 42.5 Å². The number of rotatable bonds is 12. The number of anilines is 1. The Hall–Kier alpha value is -3.65. The van der Waals surface area contributed by atoms with Gasteiger partial charge in [-0.25, -0.2) is 8.42 Å². The first kappa shape index (κ1) is 29.9. The maximum atomic E-state index is 13.9. The monoisotopic (exact) mass is 549 g/mol. The fraction of sp³-hybridized carbons (Fsp3) is 0.355. The predicted molar refractivity (Wildman–Crippen MR) is 156 cm³/mol. The van der Waals surface area contributed by atoms with E-state index in [1.54, 1.807) is 43.3 Å². The highest BCUT2D eigenvalue weighted by Crippen LogP contribution is 2.26. The molecule has 7 nitrogen and oxygen atoms in total. The second kappa shape index (κ2) is 13.4. The summed E-state index contributed by atoms with van der Waals surface area (Å²) in [5.41, 5.74) is 4.29. The molecule has 0 fully saturated rings. The standard InChI is InChI=1S/C31H39N3O4S/c1-6-19-32-31(36)26(5)33(20-18-27-10-8-7-9-11-27)30(35)22-34(28-15-14-24(3)25(4)21-28)39(37,38)29-16-12-23(2)13-17-29/h7-17,21,26H,6,18-20,22H2,1-5H3,(H,32,36)/t26-/m1/s1. The lowest BCUT2D eigenvalue weighted by Gasteiger charge is -2.32. The molecular weight excluding hydrogens is 510 g/mol. The van der Waals surface area contributed by atoms with Crippen molar-refractivity contribution in [2.24, 2.45) is 0 Å². The van der Waals surface area contributed by atoms with Crippen LogP contribution in [0.5, 0.6) is 0 Å². The average Bonchev–Trinajstić information content (AvgIpc) is 2.92. The van der Waals surface area contributed by atoms with Gasteiger partial charge in [-0.1, -0.05) is 61.0 Å². The second-order valence-electron chi connectivity index (χ2n) is 9.88. The van der Waals surface area contributed by atoms with E-state index in [-0.39, 0.29) is 17.3 Å². The number of nitrogens with zero attached hydrogens (tertiary/aromatic N) is 2. The number of nitrogens with one attached hydrogen (secondary N) is 1. The van der Waals surface area contributed by atoms with Crippen molar-refractivity contribution in [1.82, 2.24) is 10.2 Å². The fourth-order valence-electron chi connectivity index (χ4n) is 4.21. The van der Waals surface area contributed by atoms with Crippen molar-refractivity contribution in [1.29, 1.82) is 0 Å². The molecule has 3 aromatic carbocycles. The number of hydrogen-bond acceptors (Lipinski definition) is 4. The van der Waals surface area contributed by atoms with Gasteiger partial charge in [-0.3, -0.25) is 13.9 Å². The molecule has 0 saturated heterocycles. The van der Waals surface area contributed by atoms with Crippen molar-refractivity contribution in [3.63, 3.8) is 0 Å². The van der Waals surface area contributed by atoms with Gasteiger partial charge in [0.2, 0.25) is 11.8 Å². The first-order valence-corrected chi connectivity index (χ1v) is 14.8. The molecule has 0 aromatic heterocycles. The molecule has 3 rings (SSSR count). The van der Waals surface area contributed by atoms with Crippen molar-refractivity contribution in [2.45, 2.75) is 58.4 Å². The smallest absolute Gasteiger partial charge is 0.264 e. The summed E-state index contributed by atoms with van der Waals surface area (Å²) >= 11 is 0. The largest absolute Gasteiger partial charge is 0.354 e. The van der Waals surface area contributed by atoms with E-state index in [4.69, 9.17) is 0 Å². The van der Waals surface area contributed by atoms with E-state index >= 15 is 0 Å². The lowest BCUT2D eigenvalue weighted by molar-refractivity contribution is -0.138. The molecule has 0 aliphatic rings. The molecule has 39 heavy (non-hydrogen) atoms. The zero-order valence-corrected chi connectivity index (χ0v) is 24.3. The van der Waals surface area contributed by atoms with E-state index in [1.807, 2.05) is 64.1 Å². The molecule has 208 valence electrons. The highest BCUT2D eigenvalue weighted by atomic mass is 32.2. The molecule has 0 aliphatic carbocycles. The normalized spacial score (nSPS) is 12.0. The van der Waals surface area contributed by atoms with Crippen LogP contribution in [0.15, 0.2) is 77.7 Å². The molecule has 0 bridgehead atoms. The average molecular weight is 550 g/mol. The third kappa shape index (κ3) is 7.69. The fourth-order valence-corrected chi connectivity index (χ4v) is 5.62. The summed E-state index contributed by atoms with van der Waals surface area (Å²) in [7, 11) is -4.07. The van der Waals surface area contributed by atoms with Gasteiger partial charge < -0.3 is 10.2 Å². The third-order valence-electron chi connectivity index (χ3n) is 6.87. The summed E-state index contributed by atoms with van der Waals surface area (Å²) in [5.74, 6) is -0.712. The third-order valence-corrected chi connectivity index (χ3v) is 8.66. The van der Waals surface area contributed by atoms with Crippen molar-refractivity contribution >= 4 is 27.5 Å². The lowest BCUT2D eigenvalue weighted by atomic mass is 10.1. The summed E-state index contributed by atoms with van der Waals surface area (Å²) in [6.07, 6.45) is 1.30. The van der Waals surface area contributed by atoms with Gasteiger partial charge in [0.05, 0.1) is 10.6 Å². The summed E-state index contributed by atoms with van der Waals surface area (Å²) < 4.78 is 28.9. The topological polar surface area (TPSA) is 86.8 Å². The first-order valence-electron chi connectivity index (χ1n) is 13.3. The molecular formula is C31H39N3O4S. The Morgan fingerprint density at radius 1 is 0.897 bits per heavy atom. The maximum absolute atomic E-state index is 13.9. The van der Waals surface area contributed by atoms with Gasteiger partial charge >= 0.3 is 0 Å². The number of sulfonamides is 1. The molecule has 0 spiro atoms. The molecule has 0 aliphatic heterocycles. The van der Waals surface area contributed by atoms with Gasteiger partial charge in [0.25, 0.3) is 10.0 Å². The first-order chi connectivity index (χ1) is 18.5. The Bertz CT molecular complexity index is 1370. The number of carbonyl (C=O) groups excluding carboxylic acids is 2. The minimum Gasteiger partial charge on any atom is -0.354 e. The van der Waals surface area contributed by atoms with Crippen LogP contribution < -0.4 is 9.62 Å². The lowest BCUT2D eigenvalue weighted by Crippen LogP contribution is -2.52. The van der Waals surface area contributed by atoms with Gasteiger partial charge in [-0.05, 0) is 81.5 Å². The maximum Gasteiger partial charge on any atom is 0.264 e. The highest BCUT2D eigenvalue weighted by molar-refractivity contribution is 7.92.